The Balaban J connectivity index is 1.65. The average Bonchev–Trinajstić information content (AvgIpc) is 3.17. The second kappa shape index (κ2) is 6.24. The van der Waals surface area contributed by atoms with Gasteiger partial charge < -0.3 is 9.88 Å². The summed E-state index contributed by atoms with van der Waals surface area (Å²) in [5.74, 6) is 0. The molecular formula is C17H19N3S. The highest BCUT2D eigenvalue weighted by molar-refractivity contribution is 7.10. The van der Waals surface area contributed by atoms with Gasteiger partial charge in [-0.1, -0.05) is 12.1 Å². The van der Waals surface area contributed by atoms with Crippen molar-refractivity contribution in [1.82, 2.24) is 14.9 Å². The van der Waals surface area contributed by atoms with Gasteiger partial charge >= 0.3 is 0 Å². The Morgan fingerprint density at radius 1 is 1.24 bits per heavy atom. The molecule has 2 heterocycles. The van der Waals surface area contributed by atoms with Crippen molar-refractivity contribution in [2.24, 2.45) is 0 Å². The maximum atomic E-state index is 4.07. The molecule has 3 rings (SSSR count). The summed E-state index contributed by atoms with van der Waals surface area (Å²) in [5, 5.41) is 5.74. The van der Waals surface area contributed by atoms with E-state index >= 15 is 0 Å². The Bertz CT molecular complexity index is 683. The lowest BCUT2D eigenvalue weighted by Gasteiger charge is -2.15. The Labute approximate surface area is 129 Å². The van der Waals surface area contributed by atoms with Crippen molar-refractivity contribution < 1.29 is 0 Å². The van der Waals surface area contributed by atoms with E-state index in [1.165, 1.54) is 16.0 Å². The van der Waals surface area contributed by atoms with Crippen molar-refractivity contribution in [3.8, 4) is 5.69 Å². The molecule has 21 heavy (non-hydrogen) atoms. The number of imidazole rings is 1. The van der Waals surface area contributed by atoms with Gasteiger partial charge in [0.15, 0.2) is 0 Å². The topological polar surface area (TPSA) is 29.9 Å². The fourth-order valence-corrected chi connectivity index (χ4v) is 3.15. The highest BCUT2D eigenvalue weighted by atomic mass is 32.1. The smallest absolute Gasteiger partial charge is 0.0991 e. The molecule has 108 valence electrons. The van der Waals surface area contributed by atoms with Crippen LogP contribution >= 0.6 is 11.3 Å². The summed E-state index contributed by atoms with van der Waals surface area (Å²) in [7, 11) is 0. The molecule has 0 spiro atoms. The minimum atomic E-state index is 0.336. The number of nitrogens with zero attached hydrogens (tertiary/aromatic N) is 2. The Kier molecular flexibility index (Phi) is 4.18. The zero-order valence-electron chi connectivity index (χ0n) is 12.3. The molecule has 1 aromatic carbocycles. The highest BCUT2D eigenvalue weighted by Gasteiger charge is 2.07. The van der Waals surface area contributed by atoms with Crippen molar-refractivity contribution in [3.05, 3.63) is 70.4 Å². The minimum absolute atomic E-state index is 0.336. The second-order valence-electron chi connectivity index (χ2n) is 5.19. The number of hydrogen-bond acceptors (Lipinski definition) is 3. The number of benzene rings is 1. The van der Waals surface area contributed by atoms with E-state index < -0.39 is 0 Å². The number of hydrogen-bond donors (Lipinski definition) is 1. The van der Waals surface area contributed by atoms with Gasteiger partial charge in [-0.2, -0.15) is 0 Å². The fourth-order valence-electron chi connectivity index (χ4n) is 2.30. The molecule has 4 heteroatoms. The van der Waals surface area contributed by atoms with Crippen LogP contribution in [0.25, 0.3) is 5.69 Å². The van der Waals surface area contributed by atoms with Gasteiger partial charge in [-0.3, -0.25) is 0 Å². The maximum Gasteiger partial charge on any atom is 0.0991 e. The van der Waals surface area contributed by atoms with E-state index in [9.17, 15) is 0 Å². The summed E-state index contributed by atoms with van der Waals surface area (Å²) < 4.78 is 2.01. The van der Waals surface area contributed by atoms with E-state index in [4.69, 9.17) is 0 Å². The molecule has 0 saturated carbocycles. The number of aromatic nitrogens is 2. The molecule has 0 aliphatic rings. The zero-order valence-corrected chi connectivity index (χ0v) is 13.1. The van der Waals surface area contributed by atoms with Crippen molar-refractivity contribution >= 4 is 11.3 Å². The molecule has 0 saturated heterocycles. The lowest BCUT2D eigenvalue weighted by atomic mass is 10.1. The molecule has 1 atom stereocenters. The van der Waals surface area contributed by atoms with Crippen molar-refractivity contribution in [3.63, 3.8) is 0 Å². The molecule has 3 aromatic rings. The van der Waals surface area contributed by atoms with Gasteiger partial charge in [0.25, 0.3) is 0 Å². The lowest BCUT2D eigenvalue weighted by Crippen LogP contribution is -2.17. The normalized spacial score (nSPS) is 12.5. The molecule has 0 aliphatic carbocycles. The molecule has 1 N–H and O–H groups in total. The molecule has 0 aliphatic heterocycles. The molecule has 0 bridgehead atoms. The quantitative estimate of drug-likeness (QED) is 0.768. The number of aryl methyl sites for hydroxylation is 1. The first kappa shape index (κ1) is 14.0. The van der Waals surface area contributed by atoms with Crippen LogP contribution in [0.1, 0.15) is 29.0 Å². The average molecular weight is 297 g/mol. The third-order valence-corrected chi connectivity index (χ3v) is 4.76. The summed E-state index contributed by atoms with van der Waals surface area (Å²) in [5.41, 5.74) is 3.81. The van der Waals surface area contributed by atoms with Gasteiger partial charge in [-0.05, 0) is 48.6 Å². The Morgan fingerprint density at radius 3 is 2.67 bits per heavy atom. The molecule has 0 radical (unpaired) electrons. The summed E-state index contributed by atoms with van der Waals surface area (Å²) in [6.45, 7) is 5.29. The van der Waals surface area contributed by atoms with Gasteiger partial charge in [-0.15, -0.1) is 11.3 Å². The standard InChI is InChI=1S/C17H19N3S/c1-13-7-10-21-17(13)11-19-14(2)15-3-5-16(6-4-15)20-9-8-18-12-20/h3-10,12,14,19H,11H2,1-2H3. The molecular weight excluding hydrogens is 278 g/mol. The summed E-state index contributed by atoms with van der Waals surface area (Å²) >= 11 is 1.81. The van der Waals surface area contributed by atoms with Crippen molar-refractivity contribution in [1.29, 1.82) is 0 Å². The molecule has 3 nitrogen and oxygen atoms in total. The van der Waals surface area contributed by atoms with E-state index in [1.807, 2.05) is 28.4 Å². The highest BCUT2D eigenvalue weighted by Crippen LogP contribution is 2.19. The predicted molar refractivity (Wildman–Crippen MR) is 87.9 cm³/mol. The van der Waals surface area contributed by atoms with Crippen molar-refractivity contribution in [2.45, 2.75) is 26.4 Å². The number of rotatable bonds is 5. The lowest BCUT2D eigenvalue weighted by molar-refractivity contribution is 0.578. The van der Waals surface area contributed by atoms with Crippen LogP contribution in [0, 0.1) is 6.92 Å². The molecule has 0 fully saturated rings. The van der Waals surface area contributed by atoms with Crippen LogP contribution < -0.4 is 5.32 Å². The first-order chi connectivity index (χ1) is 10.2. The van der Waals surface area contributed by atoms with E-state index in [-0.39, 0.29) is 0 Å². The van der Waals surface area contributed by atoms with Gasteiger partial charge in [0.1, 0.15) is 0 Å². The van der Waals surface area contributed by atoms with Crippen LogP contribution in [0.2, 0.25) is 0 Å². The van der Waals surface area contributed by atoms with Crippen LogP contribution in [0.5, 0.6) is 0 Å². The third kappa shape index (κ3) is 3.23. The van der Waals surface area contributed by atoms with Crippen LogP contribution in [0.3, 0.4) is 0 Å². The largest absolute Gasteiger partial charge is 0.306 e. The van der Waals surface area contributed by atoms with E-state index in [0.29, 0.717) is 6.04 Å². The minimum Gasteiger partial charge on any atom is -0.306 e. The van der Waals surface area contributed by atoms with Crippen LogP contribution in [0.15, 0.2) is 54.4 Å². The van der Waals surface area contributed by atoms with Gasteiger partial charge in [-0.25, -0.2) is 4.98 Å². The fraction of sp³-hybridized carbons (Fsp3) is 0.235. The Hall–Kier alpha value is -1.91. The molecule has 1 unspecified atom stereocenters. The van der Waals surface area contributed by atoms with E-state index in [2.05, 4.69) is 59.9 Å². The van der Waals surface area contributed by atoms with Crippen LogP contribution in [0.4, 0.5) is 0 Å². The zero-order chi connectivity index (χ0) is 14.7. The van der Waals surface area contributed by atoms with Crippen LogP contribution in [-0.2, 0) is 6.54 Å². The summed E-state index contributed by atoms with van der Waals surface area (Å²) in [6, 6.07) is 11.1. The molecule has 0 amide bonds. The van der Waals surface area contributed by atoms with E-state index in [1.54, 1.807) is 6.20 Å². The first-order valence-electron chi connectivity index (χ1n) is 7.08. The van der Waals surface area contributed by atoms with Gasteiger partial charge in [0.05, 0.1) is 6.33 Å². The second-order valence-corrected chi connectivity index (χ2v) is 6.19. The monoisotopic (exact) mass is 297 g/mol. The van der Waals surface area contributed by atoms with E-state index in [0.717, 1.165) is 12.2 Å². The molecule has 2 aromatic heterocycles. The third-order valence-electron chi connectivity index (χ3n) is 3.73. The first-order valence-corrected chi connectivity index (χ1v) is 7.96. The van der Waals surface area contributed by atoms with Gasteiger partial charge in [0, 0.05) is 35.5 Å². The predicted octanol–water partition coefficient (Wildman–Crippen LogP) is 4.09. The maximum absolute atomic E-state index is 4.07. The summed E-state index contributed by atoms with van der Waals surface area (Å²) in [4.78, 5) is 5.49. The van der Waals surface area contributed by atoms with Crippen LogP contribution in [-0.4, -0.2) is 9.55 Å². The number of thiophene rings is 1. The number of nitrogens with one attached hydrogen (secondary N) is 1. The summed E-state index contributed by atoms with van der Waals surface area (Å²) in [6.07, 6.45) is 5.56. The van der Waals surface area contributed by atoms with Crippen molar-refractivity contribution in [2.75, 3.05) is 0 Å². The Morgan fingerprint density at radius 2 is 2.05 bits per heavy atom. The van der Waals surface area contributed by atoms with Gasteiger partial charge in [0.2, 0.25) is 0 Å². The SMILES string of the molecule is Cc1ccsc1CNC(C)c1ccc(-n2ccnc2)cc1.